The van der Waals surface area contributed by atoms with Gasteiger partial charge >= 0.3 is 6.03 Å². The van der Waals surface area contributed by atoms with Gasteiger partial charge in [0, 0.05) is 29.5 Å². The first-order chi connectivity index (χ1) is 12.5. The predicted molar refractivity (Wildman–Crippen MR) is 99.8 cm³/mol. The van der Waals surface area contributed by atoms with Gasteiger partial charge in [0.15, 0.2) is 0 Å². The molecule has 1 N–H and O–H groups in total. The molecule has 2 aromatic carbocycles. The molecule has 0 bridgehead atoms. The molecule has 0 spiro atoms. The Kier molecular flexibility index (Phi) is 5.06. The number of urea groups is 1. The summed E-state index contributed by atoms with van der Waals surface area (Å²) in [7, 11) is 1.59. The predicted octanol–water partition coefficient (Wildman–Crippen LogP) is 4.44. The lowest BCUT2D eigenvalue weighted by atomic mass is 10.1. The molecule has 1 atom stereocenters. The lowest BCUT2D eigenvalue weighted by molar-refractivity contribution is -0.384. The number of carbonyl (C=O) groups excluding carboxylic acids is 1. The van der Waals surface area contributed by atoms with E-state index in [1.807, 2.05) is 31.2 Å². The number of ether oxygens (including phenoxy) is 1. The van der Waals surface area contributed by atoms with E-state index < -0.39 is 4.92 Å². The number of nitro groups is 1. The fourth-order valence-corrected chi connectivity index (χ4v) is 2.95. The molecule has 0 saturated heterocycles. The van der Waals surface area contributed by atoms with Crippen LogP contribution >= 0.6 is 0 Å². The highest BCUT2D eigenvalue weighted by atomic mass is 16.6. The van der Waals surface area contributed by atoms with E-state index in [2.05, 4.69) is 5.32 Å². The molecule has 1 aliphatic rings. The summed E-state index contributed by atoms with van der Waals surface area (Å²) in [6.45, 7) is 2.02. The van der Waals surface area contributed by atoms with Crippen LogP contribution in [0.1, 0.15) is 19.8 Å². The maximum Gasteiger partial charge on any atom is 0.326 e. The molecule has 1 aliphatic carbocycles. The highest BCUT2D eigenvalue weighted by Gasteiger charge is 2.35. The minimum Gasteiger partial charge on any atom is -0.497 e. The van der Waals surface area contributed by atoms with E-state index in [0.29, 0.717) is 17.4 Å². The molecule has 1 fully saturated rings. The second-order valence-electron chi connectivity index (χ2n) is 6.38. The number of nitro benzene ring substituents is 1. The SMILES string of the molecule is COc1ccc(N(C(=O)Nc2cccc([N+](=O)[O-])c2)[C@@H](C)C2CC2)cc1. The number of nitrogens with zero attached hydrogens (tertiary/aromatic N) is 2. The zero-order chi connectivity index (χ0) is 18.7. The number of carbonyl (C=O) groups is 1. The smallest absolute Gasteiger partial charge is 0.326 e. The summed E-state index contributed by atoms with van der Waals surface area (Å²) >= 11 is 0. The normalized spacial score (nSPS) is 14.4. The van der Waals surface area contributed by atoms with Crippen LogP contribution in [0.5, 0.6) is 5.75 Å². The zero-order valence-electron chi connectivity index (χ0n) is 14.7. The standard InChI is InChI=1S/C19H21N3O4/c1-13(14-6-7-14)21(16-8-10-18(26-2)11-9-16)19(23)20-15-4-3-5-17(12-15)22(24)25/h3-5,8-14H,6-7H2,1-2H3,(H,20,23)/t13-/m0/s1. The van der Waals surface area contributed by atoms with Crippen LogP contribution in [0.15, 0.2) is 48.5 Å². The summed E-state index contributed by atoms with van der Waals surface area (Å²) in [6, 6.07) is 12.9. The third-order valence-corrected chi connectivity index (χ3v) is 4.59. The van der Waals surface area contributed by atoms with E-state index in [1.165, 1.54) is 12.1 Å². The van der Waals surface area contributed by atoms with Crippen LogP contribution in [0.3, 0.4) is 0 Å². The van der Waals surface area contributed by atoms with Crippen molar-refractivity contribution in [2.75, 3.05) is 17.3 Å². The molecular formula is C19H21N3O4. The first kappa shape index (κ1) is 17.7. The molecular weight excluding hydrogens is 334 g/mol. The molecule has 1 saturated carbocycles. The summed E-state index contributed by atoms with van der Waals surface area (Å²) in [5.41, 5.74) is 1.09. The van der Waals surface area contributed by atoms with Crippen molar-refractivity contribution in [2.45, 2.75) is 25.8 Å². The average molecular weight is 355 g/mol. The third-order valence-electron chi connectivity index (χ3n) is 4.59. The van der Waals surface area contributed by atoms with Gasteiger partial charge in [0.1, 0.15) is 5.75 Å². The lowest BCUT2D eigenvalue weighted by Crippen LogP contribution is -2.42. The average Bonchev–Trinajstić information content (AvgIpc) is 3.48. The van der Waals surface area contributed by atoms with Crippen molar-refractivity contribution in [3.05, 3.63) is 58.6 Å². The number of benzene rings is 2. The van der Waals surface area contributed by atoms with Crippen molar-refractivity contribution in [1.29, 1.82) is 0 Å². The Labute approximate surface area is 151 Å². The molecule has 0 unspecified atom stereocenters. The van der Waals surface area contributed by atoms with Gasteiger partial charge in [-0.15, -0.1) is 0 Å². The number of methoxy groups -OCH3 is 1. The van der Waals surface area contributed by atoms with Crippen LogP contribution in [0, 0.1) is 16.0 Å². The fourth-order valence-electron chi connectivity index (χ4n) is 2.95. The number of nitrogens with one attached hydrogen (secondary N) is 1. The van der Waals surface area contributed by atoms with Gasteiger partial charge in [-0.2, -0.15) is 0 Å². The molecule has 7 heteroatoms. The minimum absolute atomic E-state index is 0.0297. The second-order valence-corrected chi connectivity index (χ2v) is 6.38. The molecule has 0 radical (unpaired) electrons. The summed E-state index contributed by atoms with van der Waals surface area (Å²) < 4.78 is 5.18. The summed E-state index contributed by atoms with van der Waals surface area (Å²) in [6.07, 6.45) is 2.19. The second kappa shape index (κ2) is 7.43. The third kappa shape index (κ3) is 3.93. The number of hydrogen-bond acceptors (Lipinski definition) is 4. The van der Waals surface area contributed by atoms with Gasteiger partial charge in [-0.25, -0.2) is 4.79 Å². The Morgan fingerprint density at radius 3 is 2.54 bits per heavy atom. The maximum absolute atomic E-state index is 12.9. The van der Waals surface area contributed by atoms with Crippen molar-refractivity contribution < 1.29 is 14.5 Å². The highest BCUT2D eigenvalue weighted by molar-refractivity contribution is 6.02. The molecule has 0 aromatic heterocycles. The lowest BCUT2D eigenvalue weighted by Gasteiger charge is -2.29. The van der Waals surface area contributed by atoms with Gasteiger partial charge in [0.05, 0.1) is 12.0 Å². The van der Waals surface area contributed by atoms with Gasteiger partial charge in [-0.1, -0.05) is 6.07 Å². The quantitative estimate of drug-likeness (QED) is 0.613. The Morgan fingerprint density at radius 1 is 1.27 bits per heavy atom. The Morgan fingerprint density at radius 2 is 1.96 bits per heavy atom. The van der Waals surface area contributed by atoms with Crippen LogP contribution in [0.25, 0.3) is 0 Å². The number of amides is 2. The van der Waals surface area contributed by atoms with Crippen LogP contribution in [-0.4, -0.2) is 24.1 Å². The molecule has 26 heavy (non-hydrogen) atoms. The van der Waals surface area contributed by atoms with Gasteiger partial charge in [-0.3, -0.25) is 15.0 Å². The van der Waals surface area contributed by atoms with Crippen molar-refractivity contribution >= 4 is 23.1 Å². The van der Waals surface area contributed by atoms with E-state index in [9.17, 15) is 14.9 Å². The molecule has 2 amide bonds. The van der Waals surface area contributed by atoms with Gasteiger partial charge < -0.3 is 10.1 Å². The van der Waals surface area contributed by atoms with Crippen LogP contribution < -0.4 is 15.0 Å². The van der Waals surface area contributed by atoms with Crippen LogP contribution in [0.4, 0.5) is 21.9 Å². The molecule has 7 nitrogen and oxygen atoms in total. The molecule has 0 aliphatic heterocycles. The summed E-state index contributed by atoms with van der Waals surface area (Å²) in [4.78, 5) is 25.1. The van der Waals surface area contributed by atoms with Crippen molar-refractivity contribution in [3.8, 4) is 5.75 Å². The first-order valence-corrected chi connectivity index (χ1v) is 8.48. The van der Waals surface area contributed by atoms with Crippen molar-refractivity contribution in [2.24, 2.45) is 5.92 Å². The topological polar surface area (TPSA) is 84.7 Å². The number of anilines is 2. The zero-order valence-corrected chi connectivity index (χ0v) is 14.7. The number of non-ortho nitro benzene ring substituents is 1. The van der Waals surface area contributed by atoms with E-state index in [1.54, 1.807) is 24.1 Å². The maximum atomic E-state index is 12.9. The largest absolute Gasteiger partial charge is 0.497 e. The van der Waals surface area contributed by atoms with Crippen LogP contribution in [-0.2, 0) is 0 Å². The monoisotopic (exact) mass is 355 g/mol. The van der Waals surface area contributed by atoms with Crippen LogP contribution in [0.2, 0.25) is 0 Å². The van der Waals surface area contributed by atoms with Gasteiger partial charge in [-0.05, 0) is 56.0 Å². The van der Waals surface area contributed by atoms with Crippen molar-refractivity contribution in [1.82, 2.24) is 0 Å². The van der Waals surface area contributed by atoms with Crippen molar-refractivity contribution in [3.63, 3.8) is 0 Å². The van der Waals surface area contributed by atoms with E-state index in [4.69, 9.17) is 4.74 Å². The molecule has 0 heterocycles. The highest BCUT2D eigenvalue weighted by Crippen LogP contribution is 2.37. The number of rotatable bonds is 6. The molecule has 136 valence electrons. The Balaban J connectivity index is 1.84. The summed E-state index contributed by atoms with van der Waals surface area (Å²) in [5.74, 6) is 1.18. The first-order valence-electron chi connectivity index (χ1n) is 8.48. The molecule has 3 rings (SSSR count). The molecule has 2 aromatic rings. The van der Waals surface area contributed by atoms with E-state index in [-0.39, 0.29) is 17.8 Å². The minimum atomic E-state index is -0.482. The fraction of sp³-hybridized carbons (Fsp3) is 0.316. The summed E-state index contributed by atoms with van der Waals surface area (Å²) in [5, 5.41) is 13.7. The number of hydrogen-bond donors (Lipinski definition) is 1. The Hall–Kier alpha value is -3.09. The van der Waals surface area contributed by atoms with E-state index >= 15 is 0 Å². The Bertz CT molecular complexity index is 803. The van der Waals surface area contributed by atoms with Gasteiger partial charge in [0.2, 0.25) is 0 Å². The van der Waals surface area contributed by atoms with E-state index in [0.717, 1.165) is 18.5 Å². The van der Waals surface area contributed by atoms with Gasteiger partial charge in [0.25, 0.3) is 5.69 Å².